The van der Waals surface area contributed by atoms with Gasteiger partial charge in [-0.3, -0.25) is 4.90 Å². The van der Waals surface area contributed by atoms with Gasteiger partial charge in [0.25, 0.3) is 0 Å². The molecule has 1 saturated heterocycles. The number of hydrogen-bond donors (Lipinski definition) is 0. The van der Waals surface area contributed by atoms with Gasteiger partial charge in [0.15, 0.2) is 0 Å². The fraction of sp³-hybridized carbons (Fsp3) is 0.500. The minimum atomic E-state index is 0.436. The number of rotatable bonds is 6. The number of likely N-dealkylation sites (tertiary alicyclic amines) is 1. The van der Waals surface area contributed by atoms with E-state index in [1.807, 2.05) is 13.1 Å². The van der Waals surface area contributed by atoms with Crippen LogP contribution in [-0.4, -0.2) is 47.0 Å². The molecular weight excluding hydrogens is 296 g/mol. The highest BCUT2D eigenvalue weighted by atomic mass is 15.2. The second-order valence-corrected chi connectivity index (χ2v) is 7.00. The summed E-state index contributed by atoms with van der Waals surface area (Å²) >= 11 is 0. The van der Waals surface area contributed by atoms with E-state index < -0.39 is 0 Å². The fourth-order valence-electron chi connectivity index (χ4n) is 3.58. The average molecular weight is 324 g/mol. The molecule has 128 valence electrons. The first kappa shape index (κ1) is 17.1. The highest BCUT2D eigenvalue weighted by Crippen LogP contribution is 2.33. The maximum absolute atomic E-state index is 4.83. The Kier molecular flexibility index (Phi) is 5.59. The molecule has 0 bridgehead atoms. The van der Waals surface area contributed by atoms with Crippen molar-refractivity contribution in [2.45, 2.75) is 38.8 Å². The summed E-state index contributed by atoms with van der Waals surface area (Å²) in [7, 11) is 4.21. The Labute approximate surface area is 145 Å². The zero-order valence-corrected chi connectivity index (χ0v) is 15.1. The van der Waals surface area contributed by atoms with Crippen molar-refractivity contribution < 1.29 is 0 Å². The summed E-state index contributed by atoms with van der Waals surface area (Å²) in [4.78, 5) is 14.1. The lowest BCUT2D eigenvalue weighted by Gasteiger charge is -2.26. The van der Waals surface area contributed by atoms with Crippen LogP contribution in [-0.2, 0) is 13.0 Å². The third-order valence-corrected chi connectivity index (χ3v) is 4.71. The minimum absolute atomic E-state index is 0.436. The highest BCUT2D eigenvalue weighted by molar-refractivity contribution is 5.22. The molecule has 0 N–H and O–H groups in total. The van der Waals surface area contributed by atoms with Crippen molar-refractivity contribution in [1.29, 1.82) is 0 Å². The van der Waals surface area contributed by atoms with Gasteiger partial charge in [0.1, 0.15) is 5.82 Å². The second-order valence-electron chi connectivity index (χ2n) is 7.00. The molecule has 3 rings (SSSR count). The number of hydrogen-bond acceptors (Lipinski definition) is 4. The van der Waals surface area contributed by atoms with Crippen LogP contribution < -0.4 is 0 Å². The molecule has 1 aromatic carbocycles. The Morgan fingerprint density at radius 3 is 2.75 bits per heavy atom. The second kappa shape index (κ2) is 7.86. The monoisotopic (exact) mass is 324 g/mol. The van der Waals surface area contributed by atoms with Crippen LogP contribution in [0.1, 0.15) is 41.5 Å². The van der Waals surface area contributed by atoms with Gasteiger partial charge in [-0.15, -0.1) is 0 Å². The van der Waals surface area contributed by atoms with E-state index in [4.69, 9.17) is 4.98 Å². The van der Waals surface area contributed by atoms with Gasteiger partial charge < -0.3 is 4.90 Å². The molecule has 0 radical (unpaired) electrons. The molecule has 0 spiro atoms. The van der Waals surface area contributed by atoms with Crippen LogP contribution in [0.5, 0.6) is 0 Å². The van der Waals surface area contributed by atoms with Gasteiger partial charge >= 0.3 is 0 Å². The minimum Gasteiger partial charge on any atom is -0.305 e. The standard InChI is InChI=1S/C20H28N4/c1-16-21-14-18(15-23(2)3)20(22-16)19-10-7-12-24(19)13-11-17-8-5-4-6-9-17/h4-6,8-9,14,19H,7,10-13,15H2,1-3H3/t19-/m0/s1. The largest absolute Gasteiger partial charge is 0.305 e. The van der Waals surface area contributed by atoms with Crippen LogP contribution >= 0.6 is 0 Å². The van der Waals surface area contributed by atoms with Crippen LogP contribution in [0.4, 0.5) is 0 Å². The number of aryl methyl sites for hydroxylation is 1. The lowest BCUT2D eigenvalue weighted by molar-refractivity contribution is 0.252. The summed E-state index contributed by atoms with van der Waals surface area (Å²) in [6.45, 7) is 5.16. The van der Waals surface area contributed by atoms with E-state index in [9.17, 15) is 0 Å². The van der Waals surface area contributed by atoms with E-state index in [2.05, 4.69) is 59.2 Å². The quantitative estimate of drug-likeness (QED) is 0.817. The first-order valence-electron chi connectivity index (χ1n) is 8.88. The Hall–Kier alpha value is -1.78. The smallest absolute Gasteiger partial charge is 0.125 e. The summed E-state index contributed by atoms with van der Waals surface area (Å²) in [5.74, 6) is 0.877. The Morgan fingerprint density at radius 2 is 2.00 bits per heavy atom. The van der Waals surface area contributed by atoms with Crippen molar-refractivity contribution in [3.63, 3.8) is 0 Å². The van der Waals surface area contributed by atoms with Gasteiger partial charge in [0.05, 0.1) is 11.7 Å². The van der Waals surface area contributed by atoms with E-state index in [1.165, 1.54) is 36.2 Å². The van der Waals surface area contributed by atoms with Crippen molar-refractivity contribution in [1.82, 2.24) is 19.8 Å². The molecule has 1 fully saturated rings. The molecule has 4 heteroatoms. The molecular formula is C20H28N4. The third kappa shape index (κ3) is 4.19. The number of aromatic nitrogens is 2. The average Bonchev–Trinajstić information content (AvgIpc) is 3.03. The van der Waals surface area contributed by atoms with Gasteiger partial charge in [-0.25, -0.2) is 9.97 Å². The summed E-state index contributed by atoms with van der Waals surface area (Å²) in [6, 6.07) is 11.2. The first-order chi connectivity index (χ1) is 11.6. The Balaban J connectivity index is 1.76. The zero-order chi connectivity index (χ0) is 16.9. The predicted molar refractivity (Wildman–Crippen MR) is 97.9 cm³/mol. The molecule has 24 heavy (non-hydrogen) atoms. The van der Waals surface area contributed by atoms with Crippen LogP contribution in [0.15, 0.2) is 36.5 Å². The highest BCUT2D eigenvalue weighted by Gasteiger charge is 2.29. The Morgan fingerprint density at radius 1 is 1.21 bits per heavy atom. The lowest BCUT2D eigenvalue weighted by Crippen LogP contribution is -2.28. The van der Waals surface area contributed by atoms with Crippen LogP contribution in [0.25, 0.3) is 0 Å². The SMILES string of the molecule is Cc1ncc(CN(C)C)c([C@@H]2CCCN2CCc2ccccc2)n1. The molecule has 2 aromatic rings. The molecule has 1 atom stereocenters. The zero-order valence-electron chi connectivity index (χ0n) is 15.1. The molecule has 1 aliphatic rings. The van der Waals surface area contributed by atoms with Crippen molar-refractivity contribution in [2.24, 2.45) is 0 Å². The molecule has 4 nitrogen and oxygen atoms in total. The van der Waals surface area contributed by atoms with E-state index in [0.29, 0.717) is 6.04 Å². The van der Waals surface area contributed by atoms with E-state index in [-0.39, 0.29) is 0 Å². The summed E-state index contributed by atoms with van der Waals surface area (Å²) < 4.78 is 0. The van der Waals surface area contributed by atoms with Crippen molar-refractivity contribution in [3.05, 3.63) is 59.2 Å². The molecule has 0 aliphatic carbocycles. The lowest BCUT2D eigenvalue weighted by atomic mass is 10.0. The van der Waals surface area contributed by atoms with Crippen LogP contribution in [0, 0.1) is 6.92 Å². The van der Waals surface area contributed by atoms with Crippen LogP contribution in [0.2, 0.25) is 0 Å². The van der Waals surface area contributed by atoms with E-state index >= 15 is 0 Å². The van der Waals surface area contributed by atoms with Crippen molar-refractivity contribution >= 4 is 0 Å². The van der Waals surface area contributed by atoms with Gasteiger partial charge in [-0.05, 0) is 52.4 Å². The van der Waals surface area contributed by atoms with Gasteiger partial charge in [-0.2, -0.15) is 0 Å². The molecule has 1 aliphatic heterocycles. The van der Waals surface area contributed by atoms with Crippen molar-refractivity contribution in [2.75, 3.05) is 27.2 Å². The van der Waals surface area contributed by atoms with E-state index in [0.717, 1.165) is 25.3 Å². The number of nitrogens with zero attached hydrogens (tertiary/aromatic N) is 4. The van der Waals surface area contributed by atoms with Gasteiger partial charge in [0.2, 0.25) is 0 Å². The first-order valence-corrected chi connectivity index (χ1v) is 8.88. The topological polar surface area (TPSA) is 32.3 Å². The molecule has 0 unspecified atom stereocenters. The van der Waals surface area contributed by atoms with Crippen LogP contribution in [0.3, 0.4) is 0 Å². The van der Waals surface area contributed by atoms with Crippen molar-refractivity contribution in [3.8, 4) is 0 Å². The third-order valence-electron chi connectivity index (χ3n) is 4.71. The normalized spacial score (nSPS) is 18.4. The summed E-state index contributed by atoms with van der Waals surface area (Å²) in [5.41, 5.74) is 3.92. The fourth-order valence-corrected chi connectivity index (χ4v) is 3.58. The molecule has 1 aromatic heterocycles. The van der Waals surface area contributed by atoms with Gasteiger partial charge in [0, 0.05) is 24.8 Å². The van der Waals surface area contributed by atoms with E-state index in [1.54, 1.807) is 0 Å². The van der Waals surface area contributed by atoms with Gasteiger partial charge in [-0.1, -0.05) is 30.3 Å². The molecule has 0 amide bonds. The molecule has 2 heterocycles. The number of benzene rings is 1. The Bertz CT molecular complexity index is 654. The predicted octanol–water partition coefficient (Wildman–Crippen LogP) is 3.23. The maximum atomic E-state index is 4.83. The summed E-state index contributed by atoms with van der Waals surface area (Å²) in [5, 5.41) is 0. The summed E-state index contributed by atoms with van der Waals surface area (Å²) in [6.07, 6.45) is 5.57. The molecule has 0 saturated carbocycles. The maximum Gasteiger partial charge on any atom is 0.125 e.